The molecular weight excluding hydrogens is 436 g/mol. The molecule has 3 aliphatic rings. The van der Waals surface area contributed by atoms with E-state index in [0.717, 1.165) is 37.5 Å². The molecule has 0 N–H and O–H groups in total. The van der Waals surface area contributed by atoms with Crippen molar-refractivity contribution in [3.8, 4) is 11.1 Å². The van der Waals surface area contributed by atoms with Crippen LogP contribution in [0.3, 0.4) is 0 Å². The van der Waals surface area contributed by atoms with Gasteiger partial charge in [0.1, 0.15) is 0 Å². The van der Waals surface area contributed by atoms with E-state index in [1.54, 1.807) is 0 Å². The number of hydrogen-bond acceptors (Lipinski definition) is 2. The molecule has 1 aliphatic heterocycles. The number of hydrogen-bond donors (Lipinski definition) is 0. The van der Waals surface area contributed by atoms with E-state index in [0.29, 0.717) is 18.0 Å². The molecule has 2 atom stereocenters. The Balaban J connectivity index is 1.40. The lowest BCUT2D eigenvalue weighted by atomic mass is 9.86. The van der Waals surface area contributed by atoms with E-state index in [4.69, 9.17) is 11.6 Å². The van der Waals surface area contributed by atoms with E-state index in [1.165, 1.54) is 38.9 Å². The van der Waals surface area contributed by atoms with E-state index < -0.39 is 0 Å². The minimum atomic E-state index is 0.163. The highest BCUT2D eigenvalue weighted by Crippen LogP contribution is 2.52. The van der Waals surface area contributed by atoms with E-state index in [2.05, 4.69) is 98.2 Å². The molecule has 34 heavy (non-hydrogen) atoms. The SMILES string of the molecule is CC(C)N1CCN([C@H]2C[C@H](c3cccc4c3-c3ccccc3C4)c3ccc(Cl)cc32)CC1(C)C. The Morgan fingerprint density at radius 3 is 2.47 bits per heavy atom. The fourth-order valence-corrected chi connectivity index (χ4v) is 7.39. The lowest BCUT2D eigenvalue weighted by molar-refractivity contribution is -0.0192. The summed E-state index contributed by atoms with van der Waals surface area (Å²) in [5.74, 6) is 0.407. The molecule has 0 amide bonds. The largest absolute Gasteiger partial charge is 0.293 e. The average Bonchev–Trinajstić information content (AvgIpc) is 3.36. The van der Waals surface area contributed by atoms with Crippen LogP contribution >= 0.6 is 11.6 Å². The Hall–Kier alpha value is -2.13. The molecule has 0 aromatic heterocycles. The number of halogens is 1. The minimum absolute atomic E-state index is 0.163. The van der Waals surface area contributed by atoms with Gasteiger partial charge in [-0.25, -0.2) is 0 Å². The molecule has 2 nitrogen and oxygen atoms in total. The first-order chi connectivity index (χ1) is 16.3. The maximum Gasteiger partial charge on any atom is 0.0409 e. The summed E-state index contributed by atoms with van der Waals surface area (Å²) < 4.78 is 0. The van der Waals surface area contributed by atoms with Gasteiger partial charge >= 0.3 is 0 Å². The smallest absolute Gasteiger partial charge is 0.0409 e. The standard InChI is InChI=1S/C31H35ClN2/c1-20(2)34-15-14-33(19-31(34,3)4)29-18-27(25-13-12-23(32)17-28(25)29)26-11-7-9-22-16-21-8-5-6-10-24(21)30(22)26/h5-13,17,20,27,29H,14-16,18-19H2,1-4H3/t27-,29-/m0/s1. The Morgan fingerprint density at radius 1 is 0.882 bits per heavy atom. The van der Waals surface area contributed by atoms with Crippen LogP contribution < -0.4 is 0 Å². The molecule has 1 saturated heterocycles. The van der Waals surface area contributed by atoms with Gasteiger partial charge in [-0.1, -0.05) is 60.1 Å². The summed E-state index contributed by atoms with van der Waals surface area (Å²) in [6.07, 6.45) is 2.18. The Kier molecular flexibility index (Phi) is 5.40. The van der Waals surface area contributed by atoms with Gasteiger partial charge in [-0.15, -0.1) is 0 Å². The van der Waals surface area contributed by atoms with E-state index >= 15 is 0 Å². The van der Waals surface area contributed by atoms with Crippen molar-refractivity contribution in [2.45, 2.75) is 64.1 Å². The predicted molar refractivity (Wildman–Crippen MR) is 143 cm³/mol. The molecule has 3 heteroatoms. The quantitative estimate of drug-likeness (QED) is 0.310. The highest BCUT2D eigenvalue weighted by molar-refractivity contribution is 6.30. The Bertz CT molecular complexity index is 1240. The van der Waals surface area contributed by atoms with Crippen LogP contribution in [0.2, 0.25) is 5.02 Å². The van der Waals surface area contributed by atoms with Crippen LogP contribution in [0.15, 0.2) is 60.7 Å². The van der Waals surface area contributed by atoms with Crippen LogP contribution in [0.5, 0.6) is 0 Å². The molecule has 3 aromatic rings. The summed E-state index contributed by atoms with van der Waals surface area (Å²) >= 11 is 6.58. The van der Waals surface area contributed by atoms with Gasteiger partial charge in [0, 0.05) is 48.2 Å². The van der Waals surface area contributed by atoms with Crippen molar-refractivity contribution in [2.24, 2.45) is 0 Å². The third kappa shape index (κ3) is 3.54. The summed E-state index contributed by atoms with van der Waals surface area (Å²) in [6, 6.07) is 23.6. The predicted octanol–water partition coefficient (Wildman–Crippen LogP) is 7.29. The number of piperazine rings is 1. The van der Waals surface area contributed by atoms with Crippen molar-refractivity contribution in [2.75, 3.05) is 19.6 Å². The van der Waals surface area contributed by atoms with Crippen molar-refractivity contribution in [1.82, 2.24) is 9.80 Å². The van der Waals surface area contributed by atoms with Gasteiger partial charge in [-0.05, 0) is 91.6 Å². The van der Waals surface area contributed by atoms with Crippen molar-refractivity contribution in [3.63, 3.8) is 0 Å². The van der Waals surface area contributed by atoms with Gasteiger partial charge < -0.3 is 0 Å². The molecule has 6 rings (SSSR count). The molecule has 176 valence electrons. The van der Waals surface area contributed by atoms with Crippen LogP contribution in [0, 0.1) is 0 Å². The average molecular weight is 471 g/mol. The first-order valence-corrected chi connectivity index (χ1v) is 13.2. The second-order valence-corrected chi connectivity index (χ2v) is 11.8. The van der Waals surface area contributed by atoms with Gasteiger partial charge in [0.2, 0.25) is 0 Å². The van der Waals surface area contributed by atoms with E-state index in [1.807, 2.05) is 0 Å². The zero-order valence-corrected chi connectivity index (χ0v) is 21.6. The molecule has 0 spiro atoms. The second kappa shape index (κ2) is 8.22. The van der Waals surface area contributed by atoms with Gasteiger partial charge in [0.05, 0.1) is 0 Å². The minimum Gasteiger partial charge on any atom is -0.293 e. The summed E-state index contributed by atoms with van der Waals surface area (Å²) in [5.41, 5.74) is 10.4. The van der Waals surface area contributed by atoms with Crippen LogP contribution in [0.25, 0.3) is 11.1 Å². The number of benzene rings is 3. The monoisotopic (exact) mass is 470 g/mol. The third-order valence-corrected chi connectivity index (χ3v) is 8.76. The van der Waals surface area contributed by atoms with Gasteiger partial charge in [-0.2, -0.15) is 0 Å². The van der Waals surface area contributed by atoms with E-state index in [9.17, 15) is 0 Å². The lowest BCUT2D eigenvalue weighted by Crippen LogP contribution is -2.61. The molecule has 0 saturated carbocycles. The lowest BCUT2D eigenvalue weighted by Gasteiger charge is -2.51. The van der Waals surface area contributed by atoms with Crippen LogP contribution in [0.4, 0.5) is 0 Å². The molecule has 1 heterocycles. The molecule has 2 aliphatic carbocycles. The Labute approximate surface area is 209 Å². The summed E-state index contributed by atoms with van der Waals surface area (Å²) in [6.45, 7) is 12.8. The topological polar surface area (TPSA) is 6.48 Å². The maximum atomic E-state index is 6.58. The van der Waals surface area contributed by atoms with Crippen molar-refractivity contribution >= 4 is 11.6 Å². The maximum absolute atomic E-state index is 6.58. The zero-order chi connectivity index (χ0) is 23.6. The van der Waals surface area contributed by atoms with Crippen molar-refractivity contribution < 1.29 is 0 Å². The number of fused-ring (bicyclic) bond motifs is 4. The van der Waals surface area contributed by atoms with Crippen LogP contribution in [-0.4, -0.2) is 41.0 Å². The second-order valence-electron chi connectivity index (χ2n) is 11.4. The molecule has 0 bridgehead atoms. The van der Waals surface area contributed by atoms with Gasteiger partial charge in [0.15, 0.2) is 0 Å². The van der Waals surface area contributed by atoms with Crippen molar-refractivity contribution in [1.29, 1.82) is 0 Å². The molecule has 1 fully saturated rings. The van der Waals surface area contributed by atoms with Crippen molar-refractivity contribution in [3.05, 3.63) is 93.5 Å². The highest BCUT2D eigenvalue weighted by atomic mass is 35.5. The van der Waals surface area contributed by atoms with Gasteiger partial charge in [0.25, 0.3) is 0 Å². The van der Waals surface area contributed by atoms with Gasteiger partial charge in [-0.3, -0.25) is 9.80 Å². The zero-order valence-electron chi connectivity index (χ0n) is 20.8. The van der Waals surface area contributed by atoms with E-state index in [-0.39, 0.29) is 5.54 Å². The highest BCUT2D eigenvalue weighted by Gasteiger charge is 2.42. The van der Waals surface area contributed by atoms with Crippen LogP contribution in [0.1, 0.15) is 73.9 Å². The summed E-state index contributed by atoms with van der Waals surface area (Å²) in [4.78, 5) is 5.40. The third-order valence-electron chi connectivity index (χ3n) is 8.53. The van der Waals surface area contributed by atoms with Crippen LogP contribution in [-0.2, 0) is 6.42 Å². The number of nitrogens with zero attached hydrogens (tertiary/aromatic N) is 2. The molecule has 0 unspecified atom stereocenters. The first-order valence-electron chi connectivity index (χ1n) is 12.8. The first kappa shape index (κ1) is 22.3. The molecular formula is C31H35ClN2. The fraction of sp³-hybridized carbons (Fsp3) is 0.419. The Morgan fingerprint density at radius 2 is 1.68 bits per heavy atom. The molecule has 3 aromatic carbocycles. The molecule has 0 radical (unpaired) electrons. The summed E-state index contributed by atoms with van der Waals surface area (Å²) in [7, 11) is 0. The number of rotatable bonds is 3. The fourth-order valence-electron chi connectivity index (χ4n) is 7.21. The summed E-state index contributed by atoms with van der Waals surface area (Å²) in [5, 5.41) is 0.855. The normalized spacial score (nSPS) is 23.7.